The van der Waals surface area contributed by atoms with Gasteiger partial charge in [0.15, 0.2) is 5.78 Å². The Balaban J connectivity index is 1.53. The Kier molecular flexibility index (Phi) is 4.43. The SMILES string of the molecule is O=C(c1ccccc1)[C@@H]1CCN(NCc2ccccc2)C1. The van der Waals surface area contributed by atoms with Gasteiger partial charge < -0.3 is 0 Å². The maximum atomic E-state index is 12.4. The van der Waals surface area contributed by atoms with Crippen molar-refractivity contribution >= 4 is 5.78 Å². The molecule has 0 saturated carbocycles. The third kappa shape index (κ3) is 3.57. The Labute approximate surface area is 125 Å². The van der Waals surface area contributed by atoms with Crippen molar-refractivity contribution in [3.05, 3.63) is 71.8 Å². The Morgan fingerprint density at radius 1 is 1.05 bits per heavy atom. The van der Waals surface area contributed by atoms with E-state index in [2.05, 4.69) is 22.6 Å². The molecule has 1 atom stereocenters. The molecule has 0 unspecified atom stereocenters. The number of benzene rings is 2. The fourth-order valence-corrected chi connectivity index (χ4v) is 2.75. The number of Topliss-reactive ketones (excluding diaryl/α,β-unsaturated/α-hetero) is 1. The highest BCUT2D eigenvalue weighted by molar-refractivity contribution is 5.98. The number of carbonyl (C=O) groups is 1. The van der Waals surface area contributed by atoms with Crippen molar-refractivity contribution in [3.8, 4) is 0 Å². The van der Waals surface area contributed by atoms with Gasteiger partial charge >= 0.3 is 0 Å². The molecule has 1 aliphatic rings. The number of ketones is 1. The van der Waals surface area contributed by atoms with Crippen LogP contribution in [0.15, 0.2) is 60.7 Å². The van der Waals surface area contributed by atoms with E-state index in [1.54, 1.807) is 0 Å². The number of rotatable bonds is 5. The van der Waals surface area contributed by atoms with Gasteiger partial charge in [-0.15, -0.1) is 0 Å². The van der Waals surface area contributed by atoms with Crippen LogP contribution >= 0.6 is 0 Å². The molecule has 0 amide bonds. The topological polar surface area (TPSA) is 32.3 Å². The first kappa shape index (κ1) is 14.0. The molecule has 0 radical (unpaired) electrons. The Morgan fingerprint density at radius 2 is 1.71 bits per heavy atom. The molecule has 0 bridgehead atoms. The van der Waals surface area contributed by atoms with Crippen molar-refractivity contribution in [2.75, 3.05) is 13.1 Å². The quantitative estimate of drug-likeness (QED) is 0.855. The molecular formula is C18H20N2O. The van der Waals surface area contributed by atoms with E-state index in [9.17, 15) is 4.79 Å². The zero-order valence-electron chi connectivity index (χ0n) is 12.0. The molecule has 2 aromatic carbocycles. The van der Waals surface area contributed by atoms with Crippen LogP contribution in [0.2, 0.25) is 0 Å². The molecule has 3 rings (SSSR count). The van der Waals surface area contributed by atoms with Gasteiger partial charge in [-0.25, -0.2) is 5.01 Å². The number of nitrogens with zero attached hydrogens (tertiary/aromatic N) is 1. The zero-order valence-corrected chi connectivity index (χ0v) is 12.0. The van der Waals surface area contributed by atoms with Crippen molar-refractivity contribution in [2.24, 2.45) is 5.92 Å². The lowest BCUT2D eigenvalue weighted by atomic mass is 9.97. The van der Waals surface area contributed by atoms with E-state index in [0.717, 1.165) is 31.6 Å². The highest BCUT2D eigenvalue weighted by atomic mass is 16.1. The van der Waals surface area contributed by atoms with Gasteiger partial charge in [0.1, 0.15) is 0 Å². The predicted octanol–water partition coefficient (Wildman–Crippen LogP) is 2.90. The van der Waals surface area contributed by atoms with Crippen molar-refractivity contribution in [1.82, 2.24) is 10.4 Å². The second-order valence-electron chi connectivity index (χ2n) is 5.48. The molecule has 1 fully saturated rings. The van der Waals surface area contributed by atoms with Gasteiger partial charge in [-0.1, -0.05) is 60.7 Å². The fourth-order valence-electron chi connectivity index (χ4n) is 2.75. The van der Waals surface area contributed by atoms with Crippen molar-refractivity contribution in [3.63, 3.8) is 0 Å². The minimum absolute atomic E-state index is 0.107. The van der Waals surface area contributed by atoms with Crippen LogP contribution in [-0.2, 0) is 6.54 Å². The van der Waals surface area contributed by atoms with Gasteiger partial charge in [-0.05, 0) is 12.0 Å². The monoisotopic (exact) mass is 280 g/mol. The molecule has 3 heteroatoms. The highest BCUT2D eigenvalue weighted by Crippen LogP contribution is 2.19. The van der Waals surface area contributed by atoms with E-state index in [4.69, 9.17) is 0 Å². The summed E-state index contributed by atoms with van der Waals surface area (Å²) in [6, 6.07) is 19.9. The summed E-state index contributed by atoms with van der Waals surface area (Å²) in [7, 11) is 0. The summed E-state index contributed by atoms with van der Waals surface area (Å²) in [6.07, 6.45) is 0.926. The maximum Gasteiger partial charge on any atom is 0.167 e. The fraction of sp³-hybridized carbons (Fsp3) is 0.278. The average molecular weight is 280 g/mol. The van der Waals surface area contributed by atoms with Crippen LogP contribution in [0.3, 0.4) is 0 Å². The zero-order chi connectivity index (χ0) is 14.5. The van der Waals surface area contributed by atoms with Crippen molar-refractivity contribution in [2.45, 2.75) is 13.0 Å². The van der Waals surface area contributed by atoms with Crippen molar-refractivity contribution in [1.29, 1.82) is 0 Å². The summed E-state index contributed by atoms with van der Waals surface area (Å²) >= 11 is 0. The predicted molar refractivity (Wildman–Crippen MR) is 83.7 cm³/mol. The first-order valence-corrected chi connectivity index (χ1v) is 7.44. The van der Waals surface area contributed by atoms with E-state index in [-0.39, 0.29) is 11.7 Å². The van der Waals surface area contributed by atoms with Crippen LogP contribution in [0.5, 0.6) is 0 Å². The second-order valence-corrected chi connectivity index (χ2v) is 5.48. The third-order valence-electron chi connectivity index (χ3n) is 3.97. The van der Waals surface area contributed by atoms with Crippen LogP contribution < -0.4 is 5.43 Å². The summed E-state index contributed by atoms with van der Waals surface area (Å²) in [5, 5.41) is 2.17. The Morgan fingerprint density at radius 3 is 2.43 bits per heavy atom. The van der Waals surface area contributed by atoms with Crippen LogP contribution in [-0.4, -0.2) is 23.9 Å². The highest BCUT2D eigenvalue weighted by Gasteiger charge is 2.28. The number of carbonyl (C=O) groups excluding carboxylic acids is 1. The summed E-state index contributed by atoms with van der Waals surface area (Å²) in [4.78, 5) is 12.4. The lowest BCUT2D eigenvalue weighted by Crippen LogP contribution is -2.36. The first-order chi connectivity index (χ1) is 10.3. The molecule has 1 heterocycles. The van der Waals surface area contributed by atoms with Gasteiger partial charge in [0.2, 0.25) is 0 Å². The lowest BCUT2D eigenvalue weighted by molar-refractivity contribution is 0.0915. The molecule has 1 saturated heterocycles. The normalized spacial score (nSPS) is 18.8. The Hall–Kier alpha value is -1.97. The summed E-state index contributed by atoms with van der Waals surface area (Å²) < 4.78 is 0. The van der Waals surface area contributed by atoms with Gasteiger partial charge in [-0.2, -0.15) is 0 Å². The minimum Gasteiger partial charge on any atom is -0.294 e. The molecule has 3 nitrogen and oxygen atoms in total. The first-order valence-electron chi connectivity index (χ1n) is 7.44. The third-order valence-corrected chi connectivity index (χ3v) is 3.97. The van der Waals surface area contributed by atoms with Gasteiger partial charge in [0, 0.05) is 31.1 Å². The number of hydrogen-bond acceptors (Lipinski definition) is 3. The van der Waals surface area contributed by atoms with Crippen molar-refractivity contribution < 1.29 is 4.79 Å². The Bertz CT molecular complexity index is 583. The molecule has 21 heavy (non-hydrogen) atoms. The van der Waals surface area contributed by atoms with E-state index >= 15 is 0 Å². The molecular weight excluding hydrogens is 260 g/mol. The standard InChI is InChI=1S/C18H20N2O/c21-18(16-9-5-2-6-10-16)17-11-12-20(14-17)19-13-15-7-3-1-4-8-15/h1-10,17,19H,11-14H2/t17-/m1/s1. The van der Waals surface area contributed by atoms with E-state index in [1.807, 2.05) is 48.5 Å². The maximum absolute atomic E-state index is 12.4. The molecule has 1 aliphatic heterocycles. The van der Waals surface area contributed by atoms with Crippen LogP contribution in [0.4, 0.5) is 0 Å². The molecule has 2 aromatic rings. The smallest absolute Gasteiger partial charge is 0.167 e. The number of hydrazine groups is 1. The molecule has 108 valence electrons. The lowest BCUT2D eigenvalue weighted by Gasteiger charge is -2.17. The van der Waals surface area contributed by atoms with E-state index < -0.39 is 0 Å². The minimum atomic E-state index is 0.107. The van der Waals surface area contributed by atoms with Gasteiger partial charge in [0.25, 0.3) is 0 Å². The van der Waals surface area contributed by atoms with Crippen LogP contribution in [0.1, 0.15) is 22.3 Å². The van der Waals surface area contributed by atoms with Gasteiger partial charge in [0.05, 0.1) is 0 Å². The average Bonchev–Trinajstić information content (AvgIpc) is 3.03. The number of nitrogens with one attached hydrogen (secondary N) is 1. The molecule has 0 aromatic heterocycles. The largest absolute Gasteiger partial charge is 0.294 e. The molecule has 1 N–H and O–H groups in total. The molecule has 0 aliphatic carbocycles. The van der Waals surface area contributed by atoms with E-state index in [1.165, 1.54) is 5.56 Å². The van der Waals surface area contributed by atoms with Crippen LogP contribution in [0, 0.1) is 5.92 Å². The second kappa shape index (κ2) is 6.66. The van der Waals surface area contributed by atoms with E-state index in [0.29, 0.717) is 0 Å². The molecule has 0 spiro atoms. The summed E-state index contributed by atoms with van der Waals surface area (Å²) in [5.74, 6) is 0.371. The van der Waals surface area contributed by atoms with Crippen LogP contribution in [0.25, 0.3) is 0 Å². The number of hydrogen-bond donors (Lipinski definition) is 1. The van der Waals surface area contributed by atoms with Gasteiger partial charge in [-0.3, -0.25) is 10.2 Å². The summed E-state index contributed by atoms with van der Waals surface area (Å²) in [5.41, 5.74) is 5.50. The summed E-state index contributed by atoms with van der Waals surface area (Å²) in [6.45, 7) is 2.53.